The Morgan fingerprint density at radius 1 is 1.09 bits per heavy atom. The molecule has 2 heterocycles. The van der Waals surface area contributed by atoms with Crippen LogP contribution in [-0.2, 0) is 19.6 Å². The molecule has 0 radical (unpaired) electrons. The van der Waals surface area contributed by atoms with Crippen molar-refractivity contribution >= 4 is 33.6 Å². The molecule has 4 rings (SSSR count). The van der Waals surface area contributed by atoms with Crippen LogP contribution in [-0.4, -0.2) is 73.2 Å². The van der Waals surface area contributed by atoms with Crippen LogP contribution in [0.1, 0.15) is 32.1 Å². The fourth-order valence-electron chi connectivity index (χ4n) is 5.74. The largest absolute Gasteiger partial charge is 0.480 e. The van der Waals surface area contributed by atoms with E-state index in [1.807, 2.05) is 4.90 Å². The van der Waals surface area contributed by atoms with Crippen molar-refractivity contribution in [2.75, 3.05) is 19.6 Å². The number of aliphatic carboxylic acids is 2. The molecule has 9 nitrogen and oxygen atoms in total. The summed E-state index contributed by atoms with van der Waals surface area (Å²) < 4.78 is 28.3. The van der Waals surface area contributed by atoms with Gasteiger partial charge in [0.05, 0.1) is 5.02 Å². The molecule has 1 aromatic rings. The second-order valence-corrected chi connectivity index (χ2v) is 11.6. The fraction of sp³-hybridized carbons (Fsp3) is 0.636. The van der Waals surface area contributed by atoms with E-state index in [1.54, 1.807) is 12.1 Å². The molecule has 2 aliphatic heterocycles. The van der Waals surface area contributed by atoms with Crippen LogP contribution >= 0.6 is 11.6 Å². The molecule has 11 heteroatoms. The molecule has 1 aromatic carbocycles. The number of hydrogen-bond donors (Lipinski definition) is 4. The molecule has 33 heavy (non-hydrogen) atoms. The Hall–Kier alpha value is -1.72. The van der Waals surface area contributed by atoms with Crippen molar-refractivity contribution in [1.82, 2.24) is 14.9 Å². The summed E-state index contributed by atoms with van der Waals surface area (Å²) in [7, 11) is -3.87. The van der Waals surface area contributed by atoms with E-state index in [2.05, 4.69) is 10.0 Å². The minimum Gasteiger partial charge on any atom is -0.480 e. The maximum absolute atomic E-state index is 12.8. The van der Waals surface area contributed by atoms with E-state index < -0.39 is 40.1 Å². The summed E-state index contributed by atoms with van der Waals surface area (Å²) in [5.41, 5.74) is 0. The Labute approximate surface area is 198 Å². The third kappa shape index (κ3) is 5.51. The van der Waals surface area contributed by atoms with E-state index >= 15 is 0 Å². The molecule has 1 saturated carbocycles. The van der Waals surface area contributed by atoms with Gasteiger partial charge in [0.15, 0.2) is 0 Å². The number of hydrogen-bond acceptors (Lipinski definition) is 6. The lowest BCUT2D eigenvalue weighted by molar-refractivity contribution is -0.143. The van der Waals surface area contributed by atoms with Gasteiger partial charge in [0, 0.05) is 19.1 Å². The van der Waals surface area contributed by atoms with Crippen molar-refractivity contribution in [3.05, 3.63) is 29.3 Å². The Kier molecular flexibility index (Phi) is 7.30. The molecule has 0 amide bonds. The van der Waals surface area contributed by atoms with Gasteiger partial charge in [-0.3, -0.25) is 14.5 Å². The first-order chi connectivity index (χ1) is 15.6. The molecule has 0 aromatic heterocycles. The standard InChI is InChI=1S/C22H30ClN3O6S/c23-17-3-1-2-4-20(17)33(31,32)25-16-9-19(22(29)30)26(12-16)11-13-5-6-14-10-24-18(21(27)28)8-15(14)7-13/h1-4,13-16,18-19,24-25H,5-12H2,(H,27,28)(H,29,30)/t13-,14-,15+,16-,18-,19-/m0/s1. The number of carboxylic acid groups (broad SMARTS) is 2. The van der Waals surface area contributed by atoms with Crippen LogP contribution in [0.5, 0.6) is 0 Å². The lowest BCUT2D eigenvalue weighted by Gasteiger charge is -2.42. The molecule has 0 unspecified atom stereocenters. The number of piperidine rings is 1. The maximum Gasteiger partial charge on any atom is 0.320 e. The number of carboxylic acids is 2. The zero-order valence-corrected chi connectivity index (χ0v) is 19.8. The highest BCUT2D eigenvalue weighted by atomic mass is 35.5. The number of rotatable bonds is 7. The minimum atomic E-state index is -3.87. The van der Waals surface area contributed by atoms with Gasteiger partial charge in [-0.1, -0.05) is 23.7 Å². The topological polar surface area (TPSA) is 136 Å². The normalized spacial score (nSPS) is 32.9. The summed E-state index contributed by atoms with van der Waals surface area (Å²) in [5.74, 6) is -0.752. The highest BCUT2D eigenvalue weighted by Gasteiger charge is 2.42. The molecule has 2 saturated heterocycles. The van der Waals surface area contributed by atoms with E-state index in [-0.39, 0.29) is 22.3 Å². The van der Waals surface area contributed by atoms with Gasteiger partial charge >= 0.3 is 11.9 Å². The number of nitrogens with one attached hydrogen (secondary N) is 2. The number of carbonyl (C=O) groups is 2. The quantitative estimate of drug-likeness (QED) is 0.444. The summed E-state index contributed by atoms with van der Waals surface area (Å²) in [6, 6.07) is 4.35. The number of halogens is 1. The van der Waals surface area contributed by atoms with Gasteiger partial charge in [-0.15, -0.1) is 0 Å². The van der Waals surface area contributed by atoms with Crippen LogP contribution < -0.4 is 10.0 Å². The highest BCUT2D eigenvalue weighted by Crippen LogP contribution is 2.39. The summed E-state index contributed by atoms with van der Waals surface area (Å²) in [6.07, 6.45) is 3.60. The van der Waals surface area contributed by atoms with Gasteiger partial charge in [-0.05, 0) is 68.5 Å². The Balaban J connectivity index is 1.40. The predicted octanol–water partition coefficient (Wildman–Crippen LogP) is 1.62. The Morgan fingerprint density at radius 2 is 1.85 bits per heavy atom. The molecule has 182 valence electrons. The van der Waals surface area contributed by atoms with Gasteiger partial charge < -0.3 is 15.5 Å². The molecule has 6 atom stereocenters. The molecule has 3 aliphatic rings. The van der Waals surface area contributed by atoms with Crippen molar-refractivity contribution in [2.24, 2.45) is 17.8 Å². The summed E-state index contributed by atoms with van der Waals surface area (Å²) >= 11 is 6.05. The first-order valence-corrected chi connectivity index (χ1v) is 13.2. The van der Waals surface area contributed by atoms with Crippen molar-refractivity contribution in [3.63, 3.8) is 0 Å². The second-order valence-electron chi connectivity index (χ2n) is 9.53. The molecular weight excluding hydrogens is 470 g/mol. The van der Waals surface area contributed by atoms with Crippen molar-refractivity contribution in [2.45, 2.75) is 55.1 Å². The van der Waals surface area contributed by atoms with Crippen LogP contribution in [0.2, 0.25) is 5.02 Å². The molecule has 4 N–H and O–H groups in total. The monoisotopic (exact) mass is 499 g/mol. The van der Waals surface area contributed by atoms with E-state index in [0.29, 0.717) is 37.9 Å². The average Bonchev–Trinajstić information content (AvgIpc) is 3.15. The number of likely N-dealkylation sites (tertiary alicyclic amines) is 1. The lowest BCUT2D eigenvalue weighted by atomic mass is 9.69. The van der Waals surface area contributed by atoms with Gasteiger partial charge in [-0.25, -0.2) is 13.1 Å². The van der Waals surface area contributed by atoms with E-state index in [4.69, 9.17) is 11.6 Å². The first-order valence-electron chi connectivity index (χ1n) is 11.3. The maximum atomic E-state index is 12.8. The average molecular weight is 500 g/mol. The van der Waals surface area contributed by atoms with Crippen molar-refractivity contribution in [3.8, 4) is 0 Å². The van der Waals surface area contributed by atoms with Crippen LogP contribution in [0.15, 0.2) is 29.2 Å². The number of benzene rings is 1. The van der Waals surface area contributed by atoms with Gasteiger partial charge in [0.2, 0.25) is 10.0 Å². The number of fused-ring (bicyclic) bond motifs is 1. The number of nitrogens with zero attached hydrogens (tertiary/aromatic N) is 1. The van der Waals surface area contributed by atoms with Gasteiger partial charge in [0.25, 0.3) is 0 Å². The van der Waals surface area contributed by atoms with Crippen LogP contribution in [0.3, 0.4) is 0 Å². The van der Waals surface area contributed by atoms with E-state index in [1.165, 1.54) is 12.1 Å². The van der Waals surface area contributed by atoms with Crippen LogP contribution in [0.25, 0.3) is 0 Å². The van der Waals surface area contributed by atoms with Crippen molar-refractivity contribution < 1.29 is 28.2 Å². The Morgan fingerprint density at radius 3 is 2.55 bits per heavy atom. The van der Waals surface area contributed by atoms with Crippen LogP contribution in [0, 0.1) is 17.8 Å². The van der Waals surface area contributed by atoms with Gasteiger partial charge in [0.1, 0.15) is 17.0 Å². The first kappa shape index (κ1) is 24.4. The Bertz CT molecular complexity index is 1010. The summed E-state index contributed by atoms with van der Waals surface area (Å²) in [4.78, 5) is 25.1. The second kappa shape index (κ2) is 9.87. The summed E-state index contributed by atoms with van der Waals surface area (Å²) in [5, 5.41) is 22.3. The van der Waals surface area contributed by atoms with Crippen LogP contribution in [0.4, 0.5) is 0 Å². The molecular formula is C22H30ClN3O6S. The molecule has 0 spiro atoms. The zero-order valence-electron chi connectivity index (χ0n) is 18.2. The third-order valence-corrected chi connectivity index (χ3v) is 9.36. The van der Waals surface area contributed by atoms with Gasteiger partial charge in [-0.2, -0.15) is 0 Å². The molecule has 0 bridgehead atoms. The lowest BCUT2D eigenvalue weighted by Crippen LogP contribution is -2.50. The zero-order chi connectivity index (χ0) is 23.8. The van der Waals surface area contributed by atoms with Crippen molar-refractivity contribution in [1.29, 1.82) is 0 Å². The smallest absolute Gasteiger partial charge is 0.320 e. The minimum absolute atomic E-state index is 0.0193. The highest BCUT2D eigenvalue weighted by molar-refractivity contribution is 7.89. The van der Waals surface area contributed by atoms with E-state index in [0.717, 1.165) is 19.3 Å². The van der Waals surface area contributed by atoms with E-state index in [9.17, 15) is 28.2 Å². The predicted molar refractivity (Wildman–Crippen MR) is 122 cm³/mol. The fourth-order valence-corrected chi connectivity index (χ4v) is 7.50. The number of sulfonamides is 1. The molecule has 1 aliphatic carbocycles. The molecule has 3 fully saturated rings. The SMILES string of the molecule is O=C(O)[C@@H]1C[C@H]2C[C@@H](CN3C[C@@H](NS(=O)(=O)c4ccccc4Cl)C[C@H]3C(=O)O)CC[C@H]2CN1. The third-order valence-electron chi connectivity index (χ3n) is 7.34. The summed E-state index contributed by atoms with van der Waals surface area (Å²) in [6.45, 7) is 1.59.